The molecule has 1 atom stereocenters. The van der Waals surface area contributed by atoms with E-state index in [1.807, 2.05) is 4.90 Å². The van der Waals surface area contributed by atoms with Crippen LogP contribution >= 0.6 is 15.9 Å². The number of nitrogens with one attached hydrogen (secondary N) is 1. The number of hydrogen-bond acceptors (Lipinski definition) is 3. The van der Waals surface area contributed by atoms with Gasteiger partial charge in [0.25, 0.3) is 0 Å². The van der Waals surface area contributed by atoms with Crippen LogP contribution in [0.5, 0.6) is 5.75 Å². The van der Waals surface area contributed by atoms with Gasteiger partial charge in [-0.1, -0.05) is 15.9 Å². The molecule has 3 N–H and O–H groups in total. The first kappa shape index (κ1) is 23.4. The molecule has 1 aromatic rings. The number of benzene rings is 1. The van der Waals surface area contributed by atoms with Crippen molar-refractivity contribution < 1.29 is 4.74 Å². The summed E-state index contributed by atoms with van der Waals surface area (Å²) in [7, 11) is 0. The van der Waals surface area contributed by atoms with E-state index in [1.165, 1.54) is 68.2 Å². The van der Waals surface area contributed by atoms with Crippen molar-refractivity contribution in [3.8, 4) is 5.75 Å². The maximum absolute atomic E-state index is 7.66. The average molecular weight is 480 g/mol. The van der Waals surface area contributed by atoms with Gasteiger partial charge in [0.2, 0.25) is 0 Å². The summed E-state index contributed by atoms with van der Waals surface area (Å²) < 4.78 is 7.08. The molecule has 2 fully saturated rings. The Morgan fingerprint density at radius 2 is 1.97 bits per heavy atom. The predicted octanol–water partition coefficient (Wildman–Crippen LogP) is 4.88. The molecule has 0 amide bonds. The minimum absolute atomic E-state index is 0.210. The molecule has 1 unspecified atom stereocenters. The van der Waals surface area contributed by atoms with Crippen LogP contribution in [0.2, 0.25) is 0 Å². The van der Waals surface area contributed by atoms with Crippen LogP contribution in [0.15, 0.2) is 22.7 Å². The van der Waals surface area contributed by atoms with Gasteiger partial charge in [-0.25, -0.2) is 0 Å². The molecule has 1 aromatic carbocycles. The van der Waals surface area contributed by atoms with E-state index in [-0.39, 0.29) is 12.1 Å². The summed E-state index contributed by atoms with van der Waals surface area (Å²) in [6.07, 6.45) is 8.90. The molecule has 5 nitrogen and oxygen atoms in total. The molecule has 3 rings (SSSR count). The van der Waals surface area contributed by atoms with Gasteiger partial charge in [0.05, 0.1) is 6.10 Å². The first-order chi connectivity index (χ1) is 14.4. The number of ether oxygens (including phenoxy) is 1. The number of halogens is 1. The second kappa shape index (κ2) is 11.4. The second-order valence-corrected chi connectivity index (χ2v) is 10.2. The highest BCUT2D eigenvalue weighted by Crippen LogP contribution is 2.29. The Hall–Kier alpha value is -1.27. The smallest absolute Gasteiger partial charge is 0.188 e. The standard InChI is InChI=1S/C24H39BrN4O/c1-18(2)30-22-7-8-23(25)21(16-22)15-19-9-13-28(14-10-19)11-3-5-20-6-4-12-29(17-20)24(26)27/h7-8,16,18-20H,3-6,9-15,17H2,1-2H3,(H3,26,27). The third-order valence-corrected chi connectivity index (χ3v) is 7.32. The summed E-state index contributed by atoms with van der Waals surface area (Å²) in [6.45, 7) is 9.73. The first-order valence-electron chi connectivity index (χ1n) is 11.7. The monoisotopic (exact) mass is 478 g/mol. The van der Waals surface area contributed by atoms with Crippen LogP contribution in [0, 0.1) is 17.2 Å². The van der Waals surface area contributed by atoms with Crippen LogP contribution in [-0.4, -0.2) is 54.6 Å². The van der Waals surface area contributed by atoms with E-state index >= 15 is 0 Å². The lowest BCUT2D eigenvalue weighted by Crippen LogP contribution is -2.43. The van der Waals surface area contributed by atoms with E-state index in [9.17, 15) is 0 Å². The number of nitrogens with zero attached hydrogens (tertiary/aromatic N) is 2. The predicted molar refractivity (Wildman–Crippen MR) is 128 cm³/mol. The Kier molecular flexibility index (Phi) is 8.87. The fraction of sp³-hybridized carbons (Fsp3) is 0.708. The number of likely N-dealkylation sites (tertiary alicyclic amines) is 2. The molecule has 0 spiro atoms. The summed E-state index contributed by atoms with van der Waals surface area (Å²) in [5, 5.41) is 7.66. The van der Waals surface area contributed by atoms with Gasteiger partial charge < -0.3 is 20.3 Å². The SMILES string of the molecule is CC(C)Oc1ccc(Br)c(CC2CCN(CCCC3CCCN(C(=N)N)C3)CC2)c1. The van der Waals surface area contributed by atoms with Crippen LogP contribution in [0.4, 0.5) is 0 Å². The Bertz CT molecular complexity index is 688. The summed E-state index contributed by atoms with van der Waals surface area (Å²) >= 11 is 3.73. The van der Waals surface area contributed by atoms with Gasteiger partial charge >= 0.3 is 0 Å². The Morgan fingerprint density at radius 1 is 1.20 bits per heavy atom. The fourth-order valence-corrected chi connectivity index (χ4v) is 5.31. The van der Waals surface area contributed by atoms with Gasteiger partial charge in [-0.3, -0.25) is 5.41 Å². The van der Waals surface area contributed by atoms with E-state index in [0.717, 1.165) is 31.2 Å². The van der Waals surface area contributed by atoms with E-state index in [1.54, 1.807) is 0 Å². The van der Waals surface area contributed by atoms with E-state index in [2.05, 4.69) is 52.9 Å². The highest BCUT2D eigenvalue weighted by molar-refractivity contribution is 9.10. The van der Waals surface area contributed by atoms with Gasteiger partial charge in [-0.2, -0.15) is 0 Å². The summed E-state index contributed by atoms with van der Waals surface area (Å²) in [6, 6.07) is 6.39. The van der Waals surface area contributed by atoms with E-state index in [4.69, 9.17) is 15.9 Å². The van der Waals surface area contributed by atoms with Crippen molar-refractivity contribution >= 4 is 21.9 Å². The molecule has 0 aliphatic carbocycles. The lowest BCUT2D eigenvalue weighted by atomic mass is 9.89. The van der Waals surface area contributed by atoms with Crippen LogP contribution in [0.25, 0.3) is 0 Å². The van der Waals surface area contributed by atoms with Crippen molar-refractivity contribution in [1.29, 1.82) is 5.41 Å². The molecule has 2 aliphatic rings. The summed E-state index contributed by atoms with van der Waals surface area (Å²) in [5.41, 5.74) is 7.05. The molecular formula is C24H39BrN4O. The van der Waals surface area contributed by atoms with Crippen molar-refractivity contribution in [3.63, 3.8) is 0 Å². The Labute approximate surface area is 191 Å². The van der Waals surface area contributed by atoms with Gasteiger partial charge in [0.15, 0.2) is 5.96 Å². The molecule has 0 radical (unpaired) electrons. The minimum atomic E-state index is 0.210. The molecule has 0 aromatic heterocycles. The molecule has 2 saturated heterocycles. The first-order valence-corrected chi connectivity index (χ1v) is 12.5. The molecule has 2 aliphatic heterocycles. The minimum Gasteiger partial charge on any atom is -0.491 e. The third kappa shape index (κ3) is 7.16. The zero-order chi connectivity index (χ0) is 21.5. The number of rotatable bonds is 8. The van der Waals surface area contributed by atoms with Gasteiger partial charge in [-0.05, 0) is 114 Å². The molecule has 2 heterocycles. The van der Waals surface area contributed by atoms with Crippen molar-refractivity contribution in [2.75, 3.05) is 32.7 Å². The number of guanidine groups is 1. The zero-order valence-corrected chi connectivity index (χ0v) is 20.3. The Balaban J connectivity index is 1.37. The lowest BCUT2D eigenvalue weighted by Gasteiger charge is -2.34. The maximum Gasteiger partial charge on any atom is 0.188 e. The second-order valence-electron chi connectivity index (χ2n) is 9.39. The highest BCUT2D eigenvalue weighted by Gasteiger charge is 2.23. The van der Waals surface area contributed by atoms with Gasteiger partial charge in [-0.15, -0.1) is 0 Å². The quantitative estimate of drug-likeness (QED) is 0.412. The summed E-state index contributed by atoms with van der Waals surface area (Å²) in [5.74, 6) is 2.69. The summed E-state index contributed by atoms with van der Waals surface area (Å²) in [4.78, 5) is 4.69. The van der Waals surface area contributed by atoms with Gasteiger partial charge in [0, 0.05) is 17.6 Å². The van der Waals surface area contributed by atoms with E-state index < -0.39 is 0 Å². The Morgan fingerprint density at radius 3 is 2.67 bits per heavy atom. The fourth-order valence-electron chi connectivity index (χ4n) is 4.90. The number of piperidine rings is 2. The van der Waals surface area contributed by atoms with Crippen LogP contribution < -0.4 is 10.5 Å². The molecule has 6 heteroatoms. The third-order valence-electron chi connectivity index (χ3n) is 6.55. The molecule has 0 saturated carbocycles. The lowest BCUT2D eigenvalue weighted by molar-refractivity contribution is 0.171. The van der Waals surface area contributed by atoms with Crippen molar-refractivity contribution in [3.05, 3.63) is 28.2 Å². The largest absolute Gasteiger partial charge is 0.491 e. The number of nitrogens with two attached hydrogens (primary N) is 1. The topological polar surface area (TPSA) is 65.6 Å². The zero-order valence-electron chi connectivity index (χ0n) is 18.7. The normalized spacial score (nSPS) is 21.2. The maximum atomic E-state index is 7.66. The van der Waals surface area contributed by atoms with Crippen LogP contribution in [-0.2, 0) is 6.42 Å². The molecule has 168 valence electrons. The highest BCUT2D eigenvalue weighted by atomic mass is 79.9. The average Bonchev–Trinajstić information content (AvgIpc) is 2.71. The van der Waals surface area contributed by atoms with E-state index in [0.29, 0.717) is 5.92 Å². The van der Waals surface area contributed by atoms with Crippen LogP contribution in [0.1, 0.15) is 57.9 Å². The van der Waals surface area contributed by atoms with Gasteiger partial charge in [0.1, 0.15) is 5.75 Å². The molecule has 0 bridgehead atoms. The number of hydrogen-bond donors (Lipinski definition) is 2. The molecular weight excluding hydrogens is 440 g/mol. The van der Waals surface area contributed by atoms with Crippen molar-refractivity contribution in [2.24, 2.45) is 17.6 Å². The molecule has 30 heavy (non-hydrogen) atoms. The van der Waals surface area contributed by atoms with Crippen molar-refractivity contribution in [1.82, 2.24) is 9.80 Å². The van der Waals surface area contributed by atoms with Crippen LogP contribution in [0.3, 0.4) is 0 Å². The van der Waals surface area contributed by atoms with Crippen molar-refractivity contribution in [2.45, 2.75) is 64.9 Å².